The number of hydrogen-bond donors (Lipinski definition) is 0. The van der Waals surface area contributed by atoms with Crippen LogP contribution in [0.5, 0.6) is 5.75 Å². The molecular weight excluding hydrogens is 312 g/mol. The van der Waals surface area contributed by atoms with Crippen LogP contribution >= 0.6 is 0 Å². The molecule has 0 radical (unpaired) electrons. The molecule has 1 fully saturated rings. The van der Waals surface area contributed by atoms with E-state index in [4.69, 9.17) is 10.00 Å². The van der Waals surface area contributed by atoms with Crippen LogP contribution in [0.15, 0.2) is 54.6 Å². The summed E-state index contributed by atoms with van der Waals surface area (Å²) in [5.74, 6) is 0.993. The van der Waals surface area contributed by atoms with Gasteiger partial charge in [0.05, 0.1) is 5.56 Å². The Balaban J connectivity index is 1.69. The lowest BCUT2D eigenvalue weighted by Crippen LogP contribution is -2.42. The molecule has 1 aliphatic rings. The van der Waals surface area contributed by atoms with Crippen molar-refractivity contribution in [3.63, 3.8) is 0 Å². The highest BCUT2D eigenvalue weighted by molar-refractivity contribution is 5.78. The summed E-state index contributed by atoms with van der Waals surface area (Å²) in [6.45, 7) is 2.64. The fourth-order valence-electron chi connectivity index (χ4n) is 2.98. The molecule has 0 aromatic heterocycles. The highest BCUT2D eigenvalue weighted by Crippen LogP contribution is 2.35. The van der Waals surface area contributed by atoms with Crippen LogP contribution in [0.2, 0.25) is 0 Å². The second kappa shape index (κ2) is 7.85. The lowest BCUT2D eigenvalue weighted by Gasteiger charge is -2.29. The van der Waals surface area contributed by atoms with Crippen LogP contribution in [0.4, 0.5) is 0 Å². The molecule has 0 saturated heterocycles. The summed E-state index contributed by atoms with van der Waals surface area (Å²) in [4.78, 5) is 14.7. The quantitative estimate of drug-likeness (QED) is 0.774. The predicted molar refractivity (Wildman–Crippen MR) is 95.8 cm³/mol. The second-order valence-electron chi connectivity index (χ2n) is 6.48. The van der Waals surface area contributed by atoms with Crippen molar-refractivity contribution in [2.45, 2.75) is 32.4 Å². The first-order valence-corrected chi connectivity index (χ1v) is 8.64. The number of rotatable bonds is 7. The van der Waals surface area contributed by atoms with E-state index in [0.29, 0.717) is 23.8 Å². The lowest BCUT2D eigenvalue weighted by atomic mass is 10.1. The molecule has 0 N–H and O–H groups in total. The minimum atomic E-state index is -0.0530. The first-order chi connectivity index (χ1) is 12.2. The molecule has 0 bridgehead atoms. The Kier molecular flexibility index (Phi) is 5.35. The van der Waals surface area contributed by atoms with Crippen LogP contribution in [0, 0.1) is 17.2 Å². The van der Waals surface area contributed by atoms with Gasteiger partial charge < -0.3 is 9.64 Å². The number of benzene rings is 2. The number of hydrogen-bond acceptors (Lipinski definition) is 3. The van der Waals surface area contributed by atoms with Crippen LogP contribution in [-0.2, 0) is 11.3 Å². The number of carbonyl (C=O) groups is 1. The van der Waals surface area contributed by atoms with Crippen molar-refractivity contribution < 1.29 is 9.53 Å². The molecule has 0 aliphatic heterocycles. The standard InChI is InChI=1S/C21H22N2O2/c1-16(18-11-12-18)23(14-17-7-3-2-4-8-17)21(24)15-25-20-10-6-5-9-19(20)13-22/h2-10,16,18H,11-12,14-15H2,1H3. The van der Waals surface area contributed by atoms with Crippen molar-refractivity contribution in [1.29, 1.82) is 5.26 Å². The van der Waals surface area contributed by atoms with Crippen molar-refractivity contribution in [3.8, 4) is 11.8 Å². The Morgan fingerprint density at radius 3 is 2.56 bits per heavy atom. The number of para-hydroxylation sites is 1. The van der Waals surface area contributed by atoms with E-state index < -0.39 is 0 Å². The largest absolute Gasteiger partial charge is 0.482 e. The fourth-order valence-corrected chi connectivity index (χ4v) is 2.98. The van der Waals surface area contributed by atoms with Crippen LogP contribution in [0.1, 0.15) is 30.9 Å². The van der Waals surface area contributed by atoms with Gasteiger partial charge in [0.2, 0.25) is 0 Å². The van der Waals surface area contributed by atoms with Crippen LogP contribution in [0.3, 0.4) is 0 Å². The average molecular weight is 334 g/mol. The maximum absolute atomic E-state index is 12.8. The Bertz CT molecular complexity index is 763. The van der Waals surface area contributed by atoms with Gasteiger partial charge in [-0.15, -0.1) is 0 Å². The zero-order chi connectivity index (χ0) is 17.6. The smallest absolute Gasteiger partial charge is 0.261 e. The summed E-state index contributed by atoms with van der Waals surface area (Å²) < 4.78 is 5.65. The number of ether oxygens (including phenoxy) is 1. The molecule has 4 nitrogen and oxygen atoms in total. The van der Waals surface area contributed by atoms with Crippen molar-refractivity contribution >= 4 is 5.91 Å². The van der Waals surface area contributed by atoms with Crippen molar-refractivity contribution in [3.05, 3.63) is 65.7 Å². The summed E-state index contributed by atoms with van der Waals surface area (Å²) in [7, 11) is 0. The molecule has 3 rings (SSSR count). The Hall–Kier alpha value is -2.80. The van der Waals surface area contributed by atoms with E-state index in [9.17, 15) is 4.79 Å². The lowest BCUT2D eigenvalue weighted by molar-refractivity contribution is -0.136. The second-order valence-corrected chi connectivity index (χ2v) is 6.48. The molecular formula is C21H22N2O2. The maximum Gasteiger partial charge on any atom is 0.261 e. The molecule has 2 aromatic rings. The van der Waals surface area contributed by atoms with Gasteiger partial charge in [-0.05, 0) is 43.4 Å². The number of amides is 1. The maximum atomic E-state index is 12.8. The zero-order valence-electron chi connectivity index (χ0n) is 14.4. The summed E-state index contributed by atoms with van der Waals surface area (Å²) in [5, 5.41) is 9.13. The van der Waals surface area contributed by atoms with Gasteiger partial charge in [-0.25, -0.2) is 0 Å². The zero-order valence-corrected chi connectivity index (χ0v) is 14.4. The van der Waals surface area contributed by atoms with Crippen molar-refractivity contribution in [2.75, 3.05) is 6.61 Å². The third kappa shape index (κ3) is 4.39. The molecule has 2 aromatic carbocycles. The summed E-state index contributed by atoms with van der Waals surface area (Å²) >= 11 is 0. The topological polar surface area (TPSA) is 53.3 Å². The van der Waals surface area contributed by atoms with E-state index in [1.54, 1.807) is 24.3 Å². The number of nitrogens with zero attached hydrogens (tertiary/aromatic N) is 2. The van der Waals surface area contributed by atoms with Gasteiger partial charge in [0.15, 0.2) is 6.61 Å². The Morgan fingerprint density at radius 1 is 1.20 bits per heavy atom. The highest BCUT2D eigenvalue weighted by atomic mass is 16.5. The van der Waals surface area contributed by atoms with Gasteiger partial charge >= 0.3 is 0 Å². The number of carbonyl (C=O) groups excluding carboxylic acids is 1. The highest BCUT2D eigenvalue weighted by Gasteiger charge is 2.34. The van der Waals surface area contributed by atoms with E-state index in [1.807, 2.05) is 35.2 Å². The third-order valence-corrected chi connectivity index (χ3v) is 4.67. The first kappa shape index (κ1) is 17.0. The minimum Gasteiger partial charge on any atom is -0.482 e. The molecule has 1 saturated carbocycles. The van der Waals surface area contributed by atoms with Gasteiger partial charge in [0.25, 0.3) is 5.91 Å². The molecule has 0 heterocycles. The molecule has 0 spiro atoms. The molecule has 1 aliphatic carbocycles. The Morgan fingerprint density at radius 2 is 1.88 bits per heavy atom. The van der Waals surface area contributed by atoms with E-state index in [2.05, 4.69) is 13.0 Å². The Labute approximate surface area is 148 Å². The van der Waals surface area contributed by atoms with Gasteiger partial charge in [0.1, 0.15) is 11.8 Å². The van der Waals surface area contributed by atoms with Crippen LogP contribution in [0.25, 0.3) is 0 Å². The van der Waals surface area contributed by atoms with E-state index in [1.165, 1.54) is 12.8 Å². The van der Waals surface area contributed by atoms with Gasteiger partial charge in [0, 0.05) is 12.6 Å². The van der Waals surface area contributed by atoms with Gasteiger partial charge in [-0.2, -0.15) is 5.26 Å². The van der Waals surface area contributed by atoms with Crippen molar-refractivity contribution in [2.24, 2.45) is 5.92 Å². The SMILES string of the molecule is CC(C1CC1)N(Cc1ccccc1)C(=O)COc1ccccc1C#N. The molecule has 1 atom stereocenters. The molecule has 25 heavy (non-hydrogen) atoms. The van der Waals surface area contributed by atoms with Crippen LogP contribution in [-0.4, -0.2) is 23.5 Å². The fraction of sp³-hybridized carbons (Fsp3) is 0.333. The molecule has 4 heteroatoms. The normalized spacial score (nSPS) is 14.4. The minimum absolute atomic E-state index is 0.0454. The molecule has 1 unspecified atom stereocenters. The summed E-state index contributed by atoms with van der Waals surface area (Å²) in [5.41, 5.74) is 1.56. The number of nitriles is 1. The van der Waals surface area contributed by atoms with Gasteiger partial charge in [-0.1, -0.05) is 42.5 Å². The van der Waals surface area contributed by atoms with Gasteiger partial charge in [-0.3, -0.25) is 4.79 Å². The van der Waals surface area contributed by atoms with Crippen LogP contribution < -0.4 is 4.74 Å². The molecule has 128 valence electrons. The monoisotopic (exact) mass is 334 g/mol. The van der Waals surface area contributed by atoms with E-state index in [0.717, 1.165) is 5.56 Å². The predicted octanol–water partition coefficient (Wildman–Crippen LogP) is 3.76. The average Bonchev–Trinajstić information content (AvgIpc) is 3.50. The van der Waals surface area contributed by atoms with E-state index >= 15 is 0 Å². The van der Waals surface area contributed by atoms with E-state index in [-0.39, 0.29) is 18.6 Å². The first-order valence-electron chi connectivity index (χ1n) is 8.64. The summed E-state index contributed by atoms with van der Waals surface area (Å²) in [6, 6.07) is 19.3. The summed E-state index contributed by atoms with van der Waals surface area (Å²) in [6.07, 6.45) is 2.36. The van der Waals surface area contributed by atoms with Crippen molar-refractivity contribution in [1.82, 2.24) is 4.90 Å². The third-order valence-electron chi connectivity index (χ3n) is 4.67. The molecule has 1 amide bonds.